The number of rotatable bonds is 7. The van der Waals surface area contributed by atoms with Gasteiger partial charge in [0.2, 0.25) is 0 Å². The molecule has 0 fully saturated rings. The Morgan fingerprint density at radius 2 is 1.77 bits per heavy atom. The van der Waals surface area contributed by atoms with Gasteiger partial charge in [-0.25, -0.2) is 0 Å². The van der Waals surface area contributed by atoms with Crippen molar-refractivity contribution in [1.29, 1.82) is 0 Å². The van der Waals surface area contributed by atoms with Crippen LogP contribution in [-0.2, 0) is 0 Å². The quantitative estimate of drug-likeness (QED) is 0.783. The lowest BCUT2D eigenvalue weighted by Gasteiger charge is -2.17. The maximum absolute atomic E-state index is 12.4. The Morgan fingerprint density at radius 3 is 2.38 bits per heavy atom. The van der Waals surface area contributed by atoms with E-state index in [1.165, 1.54) is 44.6 Å². The van der Waals surface area contributed by atoms with Gasteiger partial charge in [-0.15, -0.1) is 0 Å². The third-order valence-electron chi connectivity index (χ3n) is 3.71. The second kappa shape index (κ2) is 8.37. The Balaban J connectivity index is 2.19. The fourth-order valence-electron chi connectivity index (χ4n) is 2.37. The lowest BCUT2D eigenvalue weighted by atomic mass is 10.1. The average molecular weight is 367 g/mol. The molecule has 0 aliphatic heterocycles. The Morgan fingerprint density at radius 1 is 1.08 bits per heavy atom. The number of aromatic hydroxyl groups is 1. The summed E-state index contributed by atoms with van der Waals surface area (Å²) >= 11 is 0. The number of benzene rings is 2. The van der Waals surface area contributed by atoms with Crippen molar-refractivity contribution in [3.8, 4) is 23.0 Å². The zero-order chi connectivity index (χ0) is 19.3. The molecule has 0 saturated carbocycles. The van der Waals surface area contributed by atoms with E-state index < -0.39 is 18.6 Å². The molecule has 26 heavy (non-hydrogen) atoms. The first-order chi connectivity index (χ1) is 12.4. The highest BCUT2D eigenvalue weighted by molar-refractivity contribution is 5.97. The Labute approximate surface area is 149 Å². The van der Waals surface area contributed by atoms with E-state index in [1.807, 2.05) is 0 Å². The minimum Gasteiger partial charge on any atom is -0.504 e. The van der Waals surface area contributed by atoms with Crippen molar-refractivity contribution in [1.82, 2.24) is 5.32 Å². The van der Waals surface area contributed by atoms with Crippen LogP contribution in [0.5, 0.6) is 23.0 Å². The van der Waals surface area contributed by atoms with Crippen LogP contribution in [0.25, 0.3) is 0 Å². The maximum atomic E-state index is 12.4. The highest BCUT2D eigenvalue weighted by atomic mass is 19.3. The molecule has 1 amide bonds. The molecule has 0 heterocycles. The monoisotopic (exact) mass is 367 g/mol. The lowest BCUT2D eigenvalue weighted by molar-refractivity contribution is -0.0512. The predicted octanol–water partition coefficient (Wildman–Crippen LogP) is 3.50. The number of hydrogen-bond acceptors (Lipinski definition) is 5. The number of alkyl halides is 2. The highest BCUT2D eigenvalue weighted by Crippen LogP contribution is 2.32. The van der Waals surface area contributed by atoms with E-state index in [0.29, 0.717) is 5.56 Å². The SMILES string of the molecule is COc1cc([C@@H](C)NC(=O)c2cccc(OC)c2O)ccc1OC(F)F. The third-order valence-corrected chi connectivity index (χ3v) is 3.71. The summed E-state index contributed by atoms with van der Waals surface area (Å²) in [6.07, 6.45) is 0. The number of methoxy groups -OCH3 is 2. The number of phenols is 1. The number of phenolic OH excluding ortho intramolecular Hbond substituents is 1. The molecular formula is C18H19F2NO5. The largest absolute Gasteiger partial charge is 0.504 e. The molecule has 1 atom stereocenters. The summed E-state index contributed by atoms with van der Waals surface area (Å²) in [4.78, 5) is 12.4. The summed E-state index contributed by atoms with van der Waals surface area (Å²) in [5, 5.41) is 12.8. The van der Waals surface area contributed by atoms with E-state index in [2.05, 4.69) is 10.1 Å². The summed E-state index contributed by atoms with van der Waals surface area (Å²) < 4.78 is 39.2. The van der Waals surface area contributed by atoms with Gasteiger partial charge in [0.05, 0.1) is 25.8 Å². The first kappa shape index (κ1) is 19.3. The van der Waals surface area contributed by atoms with Gasteiger partial charge < -0.3 is 24.6 Å². The van der Waals surface area contributed by atoms with Gasteiger partial charge >= 0.3 is 6.61 Å². The molecule has 2 N–H and O–H groups in total. The fraction of sp³-hybridized carbons (Fsp3) is 0.278. The van der Waals surface area contributed by atoms with Crippen molar-refractivity contribution in [2.75, 3.05) is 14.2 Å². The molecule has 2 rings (SSSR count). The van der Waals surface area contributed by atoms with Gasteiger partial charge in [0, 0.05) is 0 Å². The molecule has 0 aliphatic carbocycles. The van der Waals surface area contributed by atoms with Crippen LogP contribution in [0, 0.1) is 0 Å². The van der Waals surface area contributed by atoms with E-state index in [4.69, 9.17) is 9.47 Å². The Kier molecular flexibility index (Phi) is 6.21. The number of para-hydroxylation sites is 1. The van der Waals surface area contributed by atoms with E-state index in [1.54, 1.807) is 13.0 Å². The number of nitrogens with one attached hydrogen (secondary N) is 1. The van der Waals surface area contributed by atoms with Crippen LogP contribution < -0.4 is 19.5 Å². The average Bonchev–Trinajstić information content (AvgIpc) is 2.61. The zero-order valence-electron chi connectivity index (χ0n) is 14.5. The smallest absolute Gasteiger partial charge is 0.387 e. The van der Waals surface area contributed by atoms with Gasteiger partial charge in [-0.1, -0.05) is 12.1 Å². The standard InChI is InChI=1S/C18H19F2NO5/c1-10(11-7-8-13(26-18(19)20)15(9-11)25-3)21-17(23)12-5-4-6-14(24-2)16(12)22/h4-10,18,22H,1-3H3,(H,21,23)/t10-/m1/s1. The van der Waals surface area contributed by atoms with Gasteiger partial charge in [0.1, 0.15) is 0 Å². The summed E-state index contributed by atoms with van der Waals surface area (Å²) in [6, 6.07) is 8.46. The molecule has 140 valence electrons. The number of carbonyl (C=O) groups is 1. The fourth-order valence-corrected chi connectivity index (χ4v) is 2.37. The van der Waals surface area contributed by atoms with E-state index in [0.717, 1.165) is 0 Å². The van der Waals surface area contributed by atoms with Crippen molar-refractivity contribution < 1.29 is 32.9 Å². The van der Waals surface area contributed by atoms with Crippen molar-refractivity contribution in [2.24, 2.45) is 0 Å². The Hall–Kier alpha value is -3.03. The van der Waals surface area contributed by atoms with Gasteiger partial charge in [-0.2, -0.15) is 8.78 Å². The van der Waals surface area contributed by atoms with Gasteiger partial charge in [-0.05, 0) is 36.8 Å². The van der Waals surface area contributed by atoms with E-state index >= 15 is 0 Å². The summed E-state index contributed by atoms with van der Waals surface area (Å²) in [7, 11) is 2.71. The molecule has 2 aromatic carbocycles. The van der Waals surface area contributed by atoms with Crippen LogP contribution in [0.1, 0.15) is 28.9 Å². The van der Waals surface area contributed by atoms with Crippen molar-refractivity contribution in [2.45, 2.75) is 19.6 Å². The van der Waals surface area contributed by atoms with Gasteiger partial charge in [0.25, 0.3) is 5.91 Å². The van der Waals surface area contributed by atoms with Crippen LogP contribution in [-0.4, -0.2) is 31.8 Å². The van der Waals surface area contributed by atoms with Crippen LogP contribution in [0.15, 0.2) is 36.4 Å². The van der Waals surface area contributed by atoms with Crippen LogP contribution in [0.3, 0.4) is 0 Å². The molecule has 2 aromatic rings. The lowest BCUT2D eigenvalue weighted by Crippen LogP contribution is -2.26. The number of carbonyl (C=O) groups excluding carboxylic acids is 1. The molecule has 8 heteroatoms. The van der Waals surface area contributed by atoms with Crippen LogP contribution in [0.4, 0.5) is 8.78 Å². The molecule has 0 aromatic heterocycles. The number of amides is 1. The predicted molar refractivity (Wildman–Crippen MR) is 90.2 cm³/mol. The normalized spacial score (nSPS) is 11.8. The molecule has 0 aliphatic rings. The van der Waals surface area contributed by atoms with Crippen molar-refractivity contribution in [3.05, 3.63) is 47.5 Å². The molecule has 6 nitrogen and oxygen atoms in total. The van der Waals surface area contributed by atoms with Crippen molar-refractivity contribution >= 4 is 5.91 Å². The third kappa shape index (κ3) is 4.33. The molecule has 0 spiro atoms. The first-order valence-electron chi connectivity index (χ1n) is 7.67. The molecule has 0 radical (unpaired) electrons. The zero-order valence-corrected chi connectivity index (χ0v) is 14.5. The van der Waals surface area contributed by atoms with E-state index in [9.17, 15) is 18.7 Å². The Bertz CT molecular complexity index is 782. The topological polar surface area (TPSA) is 77.0 Å². The minimum absolute atomic E-state index is 0.0563. The summed E-state index contributed by atoms with van der Waals surface area (Å²) in [5.74, 6) is -0.581. The summed E-state index contributed by atoms with van der Waals surface area (Å²) in [5.41, 5.74) is 0.667. The van der Waals surface area contributed by atoms with Crippen molar-refractivity contribution in [3.63, 3.8) is 0 Å². The minimum atomic E-state index is -2.97. The molecule has 0 bridgehead atoms. The highest BCUT2D eigenvalue weighted by Gasteiger charge is 2.19. The summed E-state index contributed by atoms with van der Waals surface area (Å²) in [6.45, 7) is -1.26. The second-order valence-corrected chi connectivity index (χ2v) is 5.34. The number of halogens is 2. The van der Waals surface area contributed by atoms with Crippen LogP contribution >= 0.6 is 0 Å². The van der Waals surface area contributed by atoms with E-state index in [-0.39, 0.29) is 28.6 Å². The molecular weight excluding hydrogens is 348 g/mol. The maximum Gasteiger partial charge on any atom is 0.387 e. The van der Waals surface area contributed by atoms with Gasteiger partial charge in [0.15, 0.2) is 23.0 Å². The second-order valence-electron chi connectivity index (χ2n) is 5.34. The molecule has 0 unspecified atom stereocenters. The first-order valence-corrected chi connectivity index (χ1v) is 7.67. The van der Waals surface area contributed by atoms with Crippen LogP contribution in [0.2, 0.25) is 0 Å². The number of ether oxygens (including phenoxy) is 3. The number of hydrogen-bond donors (Lipinski definition) is 2. The molecule has 0 saturated heterocycles. The van der Waals surface area contributed by atoms with Gasteiger partial charge in [-0.3, -0.25) is 4.79 Å².